The molecule has 0 aromatic heterocycles. The maximum Gasteiger partial charge on any atom is 0.314 e. The summed E-state index contributed by atoms with van der Waals surface area (Å²) >= 11 is 0. The van der Waals surface area contributed by atoms with E-state index in [-0.39, 0.29) is 17.8 Å². The zero-order valence-electron chi connectivity index (χ0n) is 16.6. The molecule has 3 rings (SSSR count). The molecule has 0 radical (unpaired) electrons. The number of esters is 1. The lowest BCUT2D eigenvalue weighted by Crippen LogP contribution is -2.27. The number of hydrogen-bond acceptors (Lipinski definition) is 3. The van der Waals surface area contributed by atoms with E-state index < -0.39 is 0 Å². The van der Waals surface area contributed by atoms with Crippen LogP contribution in [0.4, 0.5) is 0 Å². The number of aryl methyl sites for hydroxylation is 1. The van der Waals surface area contributed by atoms with Crippen LogP contribution in [0.1, 0.15) is 25.0 Å². The molecule has 0 N–H and O–H groups in total. The quantitative estimate of drug-likeness (QED) is 0.364. The van der Waals surface area contributed by atoms with Crippen molar-refractivity contribution >= 4 is 5.97 Å². The lowest BCUT2D eigenvalue weighted by atomic mass is 9.89. The van der Waals surface area contributed by atoms with Gasteiger partial charge in [0.1, 0.15) is 17.2 Å². The van der Waals surface area contributed by atoms with Crippen molar-refractivity contribution in [2.75, 3.05) is 0 Å². The van der Waals surface area contributed by atoms with Crippen molar-refractivity contribution in [1.29, 1.82) is 0 Å². The van der Waals surface area contributed by atoms with Gasteiger partial charge in [0.05, 0.1) is 5.92 Å². The molecule has 3 nitrogen and oxygen atoms in total. The van der Waals surface area contributed by atoms with Crippen LogP contribution in [-0.4, -0.2) is 5.97 Å². The number of carbonyl (C=O) groups excluding carboxylic acids is 1. The Morgan fingerprint density at radius 3 is 2.18 bits per heavy atom. The van der Waals surface area contributed by atoms with Gasteiger partial charge in [0.15, 0.2) is 0 Å². The third-order valence-electron chi connectivity index (χ3n) is 4.68. The first kappa shape index (κ1) is 19.7. The molecule has 0 bridgehead atoms. The minimum absolute atomic E-state index is 0.164. The molecular formula is C25H26O3. The van der Waals surface area contributed by atoms with Crippen LogP contribution >= 0.6 is 0 Å². The predicted octanol–water partition coefficient (Wildman–Crippen LogP) is 6.21. The summed E-state index contributed by atoms with van der Waals surface area (Å²) in [6.07, 6.45) is 0.606. The van der Waals surface area contributed by atoms with Crippen LogP contribution in [0.2, 0.25) is 0 Å². The minimum Gasteiger partial charge on any atom is -0.457 e. The van der Waals surface area contributed by atoms with E-state index in [1.54, 1.807) is 0 Å². The average molecular weight is 374 g/mol. The molecular weight excluding hydrogens is 348 g/mol. The van der Waals surface area contributed by atoms with E-state index >= 15 is 0 Å². The van der Waals surface area contributed by atoms with Gasteiger partial charge in [-0.2, -0.15) is 0 Å². The highest BCUT2D eigenvalue weighted by Crippen LogP contribution is 2.26. The Morgan fingerprint density at radius 1 is 0.821 bits per heavy atom. The molecule has 0 heterocycles. The first-order valence-corrected chi connectivity index (χ1v) is 9.61. The van der Waals surface area contributed by atoms with Gasteiger partial charge >= 0.3 is 5.97 Å². The Morgan fingerprint density at radius 2 is 1.50 bits per heavy atom. The Bertz CT molecular complexity index is 899. The summed E-state index contributed by atoms with van der Waals surface area (Å²) in [7, 11) is 0. The molecule has 28 heavy (non-hydrogen) atoms. The molecule has 0 fully saturated rings. The van der Waals surface area contributed by atoms with E-state index in [0.717, 1.165) is 22.6 Å². The fourth-order valence-electron chi connectivity index (χ4n) is 3.00. The third-order valence-corrected chi connectivity index (χ3v) is 4.68. The van der Waals surface area contributed by atoms with E-state index in [9.17, 15) is 4.79 Å². The van der Waals surface area contributed by atoms with Gasteiger partial charge in [-0.15, -0.1) is 0 Å². The largest absolute Gasteiger partial charge is 0.457 e. The second kappa shape index (κ2) is 9.23. The van der Waals surface area contributed by atoms with Crippen LogP contribution < -0.4 is 9.47 Å². The molecule has 1 unspecified atom stereocenters. The molecule has 0 aliphatic heterocycles. The minimum atomic E-state index is -0.228. The summed E-state index contributed by atoms with van der Waals surface area (Å²) in [5, 5.41) is 0. The SMILES string of the molecule is Cc1ccc(OC(=O)C(Cc2cccc(Oc3ccccc3)c2)C(C)C)cc1. The number of para-hydroxylation sites is 1. The lowest BCUT2D eigenvalue weighted by molar-refractivity contribution is -0.140. The van der Waals surface area contributed by atoms with Gasteiger partial charge in [-0.3, -0.25) is 4.79 Å². The Balaban J connectivity index is 1.70. The topological polar surface area (TPSA) is 35.5 Å². The van der Waals surface area contributed by atoms with Crippen LogP contribution in [0, 0.1) is 18.8 Å². The second-order valence-electron chi connectivity index (χ2n) is 7.35. The number of ether oxygens (including phenoxy) is 2. The summed E-state index contributed by atoms with van der Waals surface area (Å²) in [4.78, 5) is 12.8. The number of benzene rings is 3. The van der Waals surface area contributed by atoms with Crippen molar-refractivity contribution in [2.45, 2.75) is 27.2 Å². The maximum absolute atomic E-state index is 12.8. The van der Waals surface area contributed by atoms with Crippen LogP contribution in [0.5, 0.6) is 17.2 Å². The molecule has 1 atom stereocenters. The van der Waals surface area contributed by atoms with Crippen molar-refractivity contribution in [2.24, 2.45) is 11.8 Å². The highest BCUT2D eigenvalue weighted by atomic mass is 16.5. The molecule has 0 amide bonds. The monoisotopic (exact) mass is 374 g/mol. The number of carbonyl (C=O) groups is 1. The zero-order valence-corrected chi connectivity index (χ0v) is 16.6. The van der Waals surface area contributed by atoms with E-state index in [0.29, 0.717) is 12.2 Å². The predicted molar refractivity (Wildman–Crippen MR) is 112 cm³/mol. The highest BCUT2D eigenvalue weighted by Gasteiger charge is 2.25. The molecule has 3 heteroatoms. The summed E-state index contributed by atoms with van der Waals surface area (Å²) < 4.78 is 11.5. The van der Waals surface area contributed by atoms with Gasteiger partial charge < -0.3 is 9.47 Å². The lowest BCUT2D eigenvalue weighted by Gasteiger charge is -2.20. The first-order valence-electron chi connectivity index (χ1n) is 9.61. The van der Waals surface area contributed by atoms with E-state index in [1.165, 1.54) is 0 Å². The Labute approximate surface area is 166 Å². The molecule has 0 saturated carbocycles. The average Bonchev–Trinajstić information content (AvgIpc) is 2.69. The molecule has 3 aromatic carbocycles. The van der Waals surface area contributed by atoms with E-state index in [1.807, 2.05) is 99.6 Å². The van der Waals surface area contributed by atoms with Crippen LogP contribution in [0.3, 0.4) is 0 Å². The third kappa shape index (κ3) is 5.46. The fraction of sp³-hybridized carbons (Fsp3) is 0.240. The van der Waals surface area contributed by atoms with Gasteiger partial charge in [-0.1, -0.05) is 61.9 Å². The smallest absolute Gasteiger partial charge is 0.314 e. The number of rotatable bonds is 7. The summed E-state index contributed by atoms with van der Waals surface area (Å²) in [6.45, 7) is 6.10. The molecule has 144 valence electrons. The normalized spacial score (nSPS) is 11.9. The van der Waals surface area contributed by atoms with Crippen molar-refractivity contribution in [3.63, 3.8) is 0 Å². The second-order valence-corrected chi connectivity index (χ2v) is 7.35. The highest BCUT2D eigenvalue weighted by molar-refractivity contribution is 5.75. The fourth-order valence-corrected chi connectivity index (χ4v) is 3.00. The van der Waals surface area contributed by atoms with Gasteiger partial charge in [-0.05, 0) is 61.2 Å². The van der Waals surface area contributed by atoms with Crippen LogP contribution in [0.15, 0.2) is 78.9 Å². The van der Waals surface area contributed by atoms with E-state index in [2.05, 4.69) is 0 Å². The van der Waals surface area contributed by atoms with E-state index in [4.69, 9.17) is 9.47 Å². The Hall–Kier alpha value is -3.07. The van der Waals surface area contributed by atoms with Gasteiger partial charge in [0.25, 0.3) is 0 Å². The number of hydrogen-bond donors (Lipinski definition) is 0. The van der Waals surface area contributed by atoms with Crippen molar-refractivity contribution < 1.29 is 14.3 Å². The first-order chi connectivity index (χ1) is 13.5. The molecule has 0 aliphatic rings. The molecule has 0 aliphatic carbocycles. The summed E-state index contributed by atoms with van der Waals surface area (Å²) in [5.74, 6) is 1.87. The maximum atomic E-state index is 12.8. The van der Waals surface area contributed by atoms with Crippen LogP contribution in [-0.2, 0) is 11.2 Å². The van der Waals surface area contributed by atoms with Crippen molar-refractivity contribution in [1.82, 2.24) is 0 Å². The molecule has 0 spiro atoms. The van der Waals surface area contributed by atoms with Crippen molar-refractivity contribution in [3.8, 4) is 17.2 Å². The summed E-state index contributed by atoms with van der Waals surface area (Å²) in [5.41, 5.74) is 2.18. The van der Waals surface area contributed by atoms with Gasteiger partial charge in [0.2, 0.25) is 0 Å². The summed E-state index contributed by atoms with van der Waals surface area (Å²) in [6, 6.07) is 25.1. The molecule has 3 aromatic rings. The van der Waals surface area contributed by atoms with Crippen molar-refractivity contribution in [3.05, 3.63) is 90.0 Å². The molecule has 0 saturated heterocycles. The van der Waals surface area contributed by atoms with Gasteiger partial charge in [0, 0.05) is 0 Å². The standard InChI is InChI=1S/C25H26O3/c1-18(2)24(25(26)28-22-14-12-19(3)13-15-22)17-20-8-7-11-23(16-20)27-21-9-5-4-6-10-21/h4-16,18,24H,17H2,1-3H3. The zero-order chi connectivity index (χ0) is 19.9. The Kier molecular flexibility index (Phi) is 6.49. The van der Waals surface area contributed by atoms with Crippen LogP contribution in [0.25, 0.3) is 0 Å². The van der Waals surface area contributed by atoms with Gasteiger partial charge in [-0.25, -0.2) is 0 Å².